The summed E-state index contributed by atoms with van der Waals surface area (Å²) < 4.78 is 10.6. The molecule has 2 rings (SSSR count). The van der Waals surface area contributed by atoms with Gasteiger partial charge in [-0.05, 0) is 19.1 Å². The van der Waals surface area contributed by atoms with E-state index in [0.29, 0.717) is 11.3 Å². The number of benzene rings is 2. The molecule has 0 aliphatic carbocycles. The predicted molar refractivity (Wildman–Crippen MR) is 67.1 cm³/mol. The Hall–Kier alpha value is -2.03. The minimum atomic E-state index is 0.0159. The first-order valence-corrected chi connectivity index (χ1v) is 5.33. The van der Waals surface area contributed by atoms with Crippen molar-refractivity contribution in [1.82, 2.24) is 0 Å². The number of ketones is 1. The third-order valence-electron chi connectivity index (χ3n) is 2.78. The van der Waals surface area contributed by atoms with Crippen molar-refractivity contribution in [3.8, 4) is 11.5 Å². The van der Waals surface area contributed by atoms with Crippen LogP contribution in [0.4, 0.5) is 0 Å². The van der Waals surface area contributed by atoms with Crippen molar-refractivity contribution in [2.45, 2.75) is 6.92 Å². The van der Waals surface area contributed by atoms with E-state index in [1.54, 1.807) is 27.2 Å². The van der Waals surface area contributed by atoms with Gasteiger partial charge in [0.15, 0.2) is 5.78 Å². The molecule has 3 nitrogen and oxygen atoms in total. The van der Waals surface area contributed by atoms with Crippen molar-refractivity contribution in [2.24, 2.45) is 0 Å². The monoisotopic (exact) mass is 230 g/mol. The maximum absolute atomic E-state index is 11.6. The molecular weight excluding hydrogens is 216 g/mol. The van der Waals surface area contributed by atoms with Crippen molar-refractivity contribution >= 4 is 16.6 Å². The van der Waals surface area contributed by atoms with Crippen molar-refractivity contribution < 1.29 is 14.3 Å². The third kappa shape index (κ3) is 1.84. The van der Waals surface area contributed by atoms with Crippen molar-refractivity contribution in [3.05, 3.63) is 35.9 Å². The van der Waals surface area contributed by atoms with Gasteiger partial charge in [0.25, 0.3) is 0 Å². The second-order valence-electron chi connectivity index (χ2n) is 3.75. The molecule has 0 N–H and O–H groups in total. The van der Waals surface area contributed by atoms with Gasteiger partial charge in [0.05, 0.1) is 14.2 Å². The van der Waals surface area contributed by atoms with E-state index in [1.807, 2.05) is 24.3 Å². The molecular formula is C14H14O3. The number of hydrogen-bond acceptors (Lipinski definition) is 3. The molecule has 0 saturated carbocycles. The first-order valence-electron chi connectivity index (χ1n) is 5.33. The van der Waals surface area contributed by atoms with Crippen LogP contribution in [0.3, 0.4) is 0 Å². The lowest BCUT2D eigenvalue weighted by Gasteiger charge is -2.12. The fourth-order valence-electron chi connectivity index (χ4n) is 1.99. The van der Waals surface area contributed by atoms with Gasteiger partial charge < -0.3 is 9.47 Å². The van der Waals surface area contributed by atoms with Crippen molar-refractivity contribution in [2.75, 3.05) is 14.2 Å². The molecule has 3 heteroatoms. The van der Waals surface area contributed by atoms with Gasteiger partial charge in [-0.2, -0.15) is 0 Å². The van der Waals surface area contributed by atoms with Crippen LogP contribution in [0.2, 0.25) is 0 Å². The summed E-state index contributed by atoms with van der Waals surface area (Å²) in [5, 5.41) is 1.70. The summed E-state index contributed by atoms with van der Waals surface area (Å²) in [6.07, 6.45) is 0. The largest absolute Gasteiger partial charge is 0.496 e. The summed E-state index contributed by atoms with van der Waals surface area (Å²) in [4.78, 5) is 11.6. The Morgan fingerprint density at radius 3 is 2.24 bits per heavy atom. The molecule has 0 atom stereocenters. The van der Waals surface area contributed by atoms with Crippen LogP contribution in [-0.4, -0.2) is 20.0 Å². The number of carbonyl (C=O) groups is 1. The van der Waals surface area contributed by atoms with Gasteiger partial charge in [0, 0.05) is 16.3 Å². The summed E-state index contributed by atoms with van der Waals surface area (Å²) in [5.74, 6) is 1.44. The highest BCUT2D eigenvalue weighted by atomic mass is 16.5. The van der Waals surface area contributed by atoms with Gasteiger partial charge in [-0.1, -0.05) is 18.2 Å². The molecule has 17 heavy (non-hydrogen) atoms. The van der Waals surface area contributed by atoms with Gasteiger partial charge in [-0.15, -0.1) is 0 Å². The number of Topliss-reactive ketones (excluding diaryl/α,β-unsaturated/α-hetero) is 1. The molecule has 0 bridgehead atoms. The Morgan fingerprint density at radius 2 is 1.65 bits per heavy atom. The Kier molecular flexibility index (Phi) is 3.00. The van der Waals surface area contributed by atoms with Crippen molar-refractivity contribution in [3.63, 3.8) is 0 Å². The minimum absolute atomic E-state index is 0.0159. The average Bonchev–Trinajstić information content (AvgIpc) is 2.36. The van der Waals surface area contributed by atoms with Crippen LogP contribution in [-0.2, 0) is 0 Å². The molecule has 0 amide bonds. The quantitative estimate of drug-likeness (QED) is 0.760. The first kappa shape index (κ1) is 11.5. The summed E-state index contributed by atoms with van der Waals surface area (Å²) >= 11 is 0. The lowest BCUT2D eigenvalue weighted by atomic mass is 10.0. The summed E-state index contributed by atoms with van der Waals surface area (Å²) in [6.45, 7) is 1.55. The molecule has 0 spiro atoms. The molecule has 0 fully saturated rings. The molecule has 0 aromatic heterocycles. The topological polar surface area (TPSA) is 35.5 Å². The number of ether oxygens (including phenoxy) is 2. The van der Waals surface area contributed by atoms with E-state index in [1.165, 1.54) is 0 Å². The summed E-state index contributed by atoms with van der Waals surface area (Å²) in [5.41, 5.74) is 0.651. The molecule has 0 saturated heterocycles. The number of fused-ring (bicyclic) bond motifs is 1. The zero-order valence-corrected chi connectivity index (χ0v) is 10.1. The summed E-state index contributed by atoms with van der Waals surface area (Å²) in [7, 11) is 3.21. The van der Waals surface area contributed by atoms with E-state index in [0.717, 1.165) is 16.5 Å². The Balaban J connectivity index is 2.90. The van der Waals surface area contributed by atoms with E-state index >= 15 is 0 Å². The zero-order chi connectivity index (χ0) is 12.4. The van der Waals surface area contributed by atoms with Gasteiger partial charge >= 0.3 is 0 Å². The first-order chi connectivity index (χ1) is 8.19. The lowest BCUT2D eigenvalue weighted by Crippen LogP contribution is -1.97. The second-order valence-corrected chi connectivity index (χ2v) is 3.75. The Bertz CT molecular complexity index is 573. The predicted octanol–water partition coefficient (Wildman–Crippen LogP) is 3.06. The number of carbonyl (C=O) groups excluding carboxylic acids is 1. The second kappa shape index (κ2) is 4.45. The highest BCUT2D eigenvalue weighted by Crippen LogP contribution is 2.35. The van der Waals surface area contributed by atoms with Crippen LogP contribution in [0.15, 0.2) is 30.3 Å². The Labute approximate surface area is 100.0 Å². The van der Waals surface area contributed by atoms with E-state index in [9.17, 15) is 4.79 Å². The van der Waals surface area contributed by atoms with E-state index in [2.05, 4.69) is 0 Å². The van der Waals surface area contributed by atoms with Gasteiger partial charge in [0.1, 0.15) is 11.5 Å². The fraction of sp³-hybridized carbons (Fsp3) is 0.214. The van der Waals surface area contributed by atoms with E-state index in [4.69, 9.17) is 9.47 Å². The smallest absolute Gasteiger partial charge is 0.160 e. The van der Waals surface area contributed by atoms with Gasteiger partial charge in [-0.3, -0.25) is 4.79 Å². The molecule has 0 unspecified atom stereocenters. The van der Waals surface area contributed by atoms with Crippen LogP contribution in [0, 0.1) is 0 Å². The van der Waals surface area contributed by atoms with Crippen LogP contribution < -0.4 is 9.47 Å². The Morgan fingerprint density at radius 1 is 1.00 bits per heavy atom. The lowest BCUT2D eigenvalue weighted by molar-refractivity contribution is 0.101. The highest BCUT2D eigenvalue weighted by molar-refractivity contribution is 6.10. The molecule has 0 radical (unpaired) electrons. The molecule has 0 aliphatic heterocycles. The van der Waals surface area contributed by atoms with E-state index < -0.39 is 0 Å². The molecule has 2 aromatic carbocycles. The minimum Gasteiger partial charge on any atom is -0.496 e. The normalized spacial score (nSPS) is 10.3. The van der Waals surface area contributed by atoms with Crippen LogP contribution in [0.25, 0.3) is 10.8 Å². The SMILES string of the molecule is COc1ccc(OC)c2c(C(C)=O)cccc12. The maximum atomic E-state index is 11.6. The molecule has 2 aromatic rings. The van der Waals surface area contributed by atoms with Crippen LogP contribution in [0.5, 0.6) is 11.5 Å². The zero-order valence-electron chi connectivity index (χ0n) is 10.1. The molecule has 88 valence electrons. The van der Waals surface area contributed by atoms with E-state index in [-0.39, 0.29) is 5.78 Å². The van der Waals surface area contributed by atoms with Crippen LogP contribution >= 0.6 is 0 Å². The number of hydrogen-bond donors (Lipinski definition) is 0. The van der Waals surface area contributed by atoms with Gasteiger partial charge in [0.2, 0.25) is 0 Å². The number of rotatable bonds is 3. The summed E-state index contributed by atoms with van der Waals surface area (Å²) in [6, 6.07) is 9.22. The fourth-order valence-corrected chi connectivity index (χ4v) is 1.99. The third-order valence-corrected chi connectivity index (χ3v) is 2.78. The van der Waals surface area contributed by atoms with Gasteiger partial charge in [-0.25, -0.2) is 0 Å². The standard InChI is InChI=1S/C14H14O3/c1-9(15)10-5-4-6-11-12(16-2)7-8-13(17-3)14(10)11/h4-8H,1-3H3. The molecule has 0 heterocycles. The number of methoxy groups -OCH3 is 2. The molecule has 0 aliphatic rings. The highest BCUT2D eigenvalue weighted by Gasteiger charge is 2.13. The maximum Gasteiger partial charge on any atom is 0.160 e. The average molecular weight is 230 g/mol. The van der Waals surface area contributed by atoms with Crippen molar-refractivity contribution in [1.29, 1.82) is 0 Å². The van der Waals surface area contributed by atoms with Crippen LogP contribution in [0.1, 0.15) is 17.3 Å².